The summed E-state index contributed by atoms with van der Waals surface area (Å²) in [6.07, 6.45) is 2.81. The summed E-state index contributed by atoms with van der Waals surface area (Å²) in [6.45, 7) is 4.83. The zero-order valence-electron chi connectivity index (χ0n) is 11.1. The third kappa shape index (κ3) is 2.27. The fraction of sp³-hybridized carbons (Fsp3) is 0.286. The summed E-state index contributed by atoms with van der Waals surface area (Å²) in [5.74, 6) is 0. The molecular weight excluding hydrogens is 256 g/mol. The first-order valence-electron chi connectivity index (χ1n) is 6.30. The van der Waals surface area contributed by atoms with Crippen molar-refractivity contribution < 1.29 is 0 Å². The Kier molecular flexibility index (Phi) is 3.08. The van der Waals surface area contributed by atoms with E-state index in [4.69, 9.17) is 5.73 Å². The first kappa shape index (κ1) is 12.3. The van der Waals surface area contributed by atoms with Crippen LogP contribution in [-0.2, 0) is 6.42 Å². The second-order valence-corrected chi connectivity index (χ2v) is 5.75. The smallest absolute Gasteiger partial charge is 0.212 e. The van der Waals surface area contributed by atoms with Gasteiger partial charge in [-0.2, -0.15) is 5.10 Å². The third-order valence-electron chi connectivity index (χ3n) is 3.11. The van der Waals surface area contributed by atoms with E-state index in [1.807, 2.05) is 10.7 Å². The normalized spacial score (nSPS) is 11.3. The summed E-state index contributed by atoms with van der Waals surface area (Å²) in [6, 6.07) is 6.42. The Hall–Kier alpha value is -1.72. The van der Waals surface area contributed by atoms with E-state index in [0.717, 1.165) is 22.1 Å². The monoisotopic (exact) mass is 272 g/mol. The maximum Gasteiger partial charge on any atom is 0.212 e. The van der Waals surface area contributed by atoms with E-state index < -0.39 is 0 Å². The van der Waals surface area contributed by atoms with Crippen molar-refractivity contribution in [3.05, 3.63) is 40.5 Å². The lowest BCUT2D eigenvalue weighted by Gasteiger charge is -2.03. The predicted molar refractivity (Wildman–Crippen MR) is 78.5 cm³/mol. The lowest BCUT2D eigenvalue weighted by atomic mass is 10.0. The van der Waals surface area contributed by atoms with E-state index in [2.05, 4.69) is 42.1 Å². The molecule has 3 aromatic rings. The van der Waals surface area contributed by atoms with Gasteiger partial charge in [-0.05, 0) is 32.0 Å². The minimum absolute atomic E-state index is 0.626. The van der Waals surface area contributed by atoms with Gasteiger partial charge in [0.15, 0.2) is 0 Å². The van der Waals surface area contributed by atoms with Crippen molar-refractivity contribution in [2.24, 2.45) is 5.73 Å². The van der Waals surface area contributed by atoms with Gasteiger partial charge in [0.25, 0.3) is 0 Å². The van der Waals surface area contributed by atoms with Gasteiger partial charge in [-0.15, -0.1) is 0 Å². The van der Waals surface area contributed by atoms with Crippen LogP contribution in [0.4, 0.5) is 0 Å². The summed E-state index contributed by atoms with van der Waals surface area (Å²) in [5, 5.41) is 5.53. The molecule has 98 valence electrons. The number of fused-ring (bicyclic) bond motifs is 1. The van der Waals surface area contributed by atoms with Crippen molar-refractivity contribution in [1.82, 2.24) is 14.6 Å². The summed E-state index contributed by atoms with van der Waals surface area (Å²) < 4.78 is 1.85. The Morgan fingerprint density at radius 3 is 2.89 bits per heavy atom. The van der Waals surface area contributed by atoms with Crippen molar-refractivity contribution in [2.45, 2.75) is 20.3 Å². The van der Waals surface area contributed by atoms with Crippen molar-refractivity contribution in [3.8, 4) is 11.3 Å². The molecular formula is C14H16N4S. The van der Waals surface area contributed by atoms with Gasteiger partial charge in [-0.25, -0.2) is 9.50 Å². The maximum absolute atomic E-state index is 5.55. The Morgan fingerprint density at radius 2 is 2.16 bits per heavy atom. The van der Waals surface area contributed by atoms with E-state index in [9.17, 15) is 0 Å². The number of rotatable bonds is 3. The average Bonchev–Trinajstić information content (AvgIpc) is 2.90. The number of imidazole rings is 1. The molecule has 19 heavy (non-hydrogen) atoms. The molecule has 2 N–H and O–H groups in total. The second kappa shape index (κ2) is 4.75. The molecule has 2 aromatic heterocycles. The predicted octanol–water partition coefficient (Wildman–Crippen LogP) is 2.58. The van der Waals surface area contributed by atoms with Crippen LogP contribution < -0.4 is 5.73 Å². The minimum Gasteiger partial charge on any atom is -0.330 e. The molecule has 0 aliphatic carbocycles. The van der Waals surface area contributed by atoms with Gasteiger partial charge in [0.1, 0.15) is 5.01 Å². The Bertz CT molecular complexity index is 695. The number of aromatic nitrogens is 3. The van der Waals surface area contributed by atoms with Crippen molar-refractivity contribution >= 4 is 16.3 Å². The van der Waals surface area contributed by atoms with Gasteiger partial charge in [0.05, 0.1) is 11.9 Å². The molecule has 1 aromatic carbocycles. The fourth-order valence-electron chi connectivity index (χ4n) is 2.11. The van der Waals surface area contributed by atoms with Gasteiger partial charge >= 0.3 is 0 Å². The highest BCUT2D eigenvalue weighted by atomic mass is 32.1. The second-order valence-electron chi connectivity index (χ2n) is 4.71. The molecule has 2 heterocycles. The highest BCUT2D eigenvalue weighted by Gasteiger charge is 2.11. The van der Waals surface area contributed by atoms with E-state index in [1.165, 1.54) is 16.7 Å². The average molecular weight is 272 g/mol. The highest BCUT2D eigenvalue weighted by molar-refractivity contribution is 7.16. The van der Waals surface area contributed by atoms with E-state index in [0.29, 0.717) is 6.54 Å². The van der Waals surface area contributed by atoms with Crippen molar-refractivity contribution in [1.29, 1.82) is 0 Å². The van der Waals surface area contributed by atoms with Gasteiger partial charge in [0.2, 0.25) is 4.96 Å². The van der Waals surface area contributed by atoms with Crippen molar-refractivity contribution in [3.63, 3.8) is 0 Å². The van der Waals surface area contributed by atoms with E-state index >= 15 is 0 Å². The highest BCUT2D eigenvalue weighted by Crippen LogP contribution is 2.25. The molecule has 0 bridgehead atoms. The Morgan fingerprint density at radius 1 is 1.32 bits per heavy atom. The lowest BCUT2D eigenvalue weighted by Crippen LogP contribution is -2.02. The zero-order chi connectivity index (χ0) is 13.4. The number of nitrogens with two attached hydrogens (primary N) is 1. The summed E-state index contributed by atoms with van der Waals surface area (Å²) in [5.41, 5.74) is 10.2. The summed E-state index contributed by atoms with van der Waals surface area (Å²) in [7, 11) is 0. The summed E-state index contributed by atoms with van der Waals surface area (Å²) in [4.78, 5) is 5.60. The number of hydrogen-bond donors (Lipinski definition) is 1. The van der Waals surface area contributed by atoms with E-state index in [-0.39, 0.29) is 0 Å². The molecule has 0 fully saturated rings. The molecule has 0 atom stereocenters. The summed E-state index contributed by atoms with van der Waals surface area (Å²) >= 11 is 1.61. The van der Waals surface area contributed by atoms with Crippen LogP contribution in [0.2, 0.25) is 0 Å². The quantitative estimate of drug-likeness (QED) is 0.797. The molecule has 4 nitrogen and oxygen atoms in total. The fourth-order valence-corrected chi connectivity index (χ4v) is 3.00. The molecule has 0 radical (unpaired) electrons. The third-order valence-corrected chi connectivity index (χ3v) is 4.09. The van der Waals surface area contributed by atoms with Gasteiger partial charge < -0.3 is 5.73 Å². The molecule has 0 saturated carbocycles. The molecule has 5 heteroatoms. The number of aryl methyl sites for hydroxylation is 2. The van der Waals surface area contributed by atoms with E-state index in [1.54, 1.807) is 11.3 Å². The largest absolute Gasteiger partial charge is 0.330 e. The SMILES string of the molecule is Cc1ccc(C)c(-c2cn3nc(CCN)sc3n2)c1. The molecule has 3 rings (SSSR count). The number of benzene rings is 1. The van der Waals surface area contributed by atoms with Crippen LogP contribution >= 0.6 is 11.3 Å². The Balaban J connectivity index is 2.05. The van der Waals surface area contributed by atoms with Crippen molar-refractivity contribution in [2.75, 3.05) is 6.54 Å². The molecule has 0 spiro atoms. The first-order chi connectivity index (χ1) is 9.17. The molecule has 0 amide bonds. The number of hydrogen-bond acceptors (Lipinski definition) is 4. The van der Waals surface area contributed by atoms with Crippen LogP contribution in [-0.4, -0.2) is 21.1 Å². The lowest BCUT2D eigenvalue weighted by molar-refractivity contribution is 0.873. The maximum atomic E-state index is 5.55. The van der Waals surface area contributed by atoms with Crippen LogP contribution in [0.3, 0.4) is 0 Å². The minimum atomic E-state index is 0.626. The standard InChI is InChI=1S/C14H16N4S/c1-9-3-4-10(2)11(7-9)12-8-18-14(16-12)19-13(17-18)5-6-15/h3-4,7-8H,5-6,15H2,1-2H3. The van der Waals surface area contributed by atoms with Gasteiger partial charge in [-0.3, -0.25) is 0 Å². The zero-order valence-corrected chi connectivity index (χ0v) is 11.9. The van der Waals surface area contributed by atoms with Gasteiger partial charge in [0, 0.05) is 12.0 Å². The van der Waals surface area contributed by atoms with Crippen LogP contribution in [0, 0.1) is 13.8 Å². The van der Waals surface area contributed by atoms with Crippen LogP contribution in [0.1, 0.15) is 16.1 Å². The number of nitrogens with zero attached hydrogens (tertiary/aromatic N) is 3. The van der Waals surface area contributed by atoms with Gasteiger partial charge in [-0.1, -0.05) is 29.0 Å². The van der Waals surface area contributed by atoms with Crippen LogP contribution in [0.5, 0.6) is 0 Å². The topological polar surface area (TPSA) is 56.2 Å². The molecule has 0 unspecified atom stereocenters. The molecule has 0 saturated heterocycles. The first-order valence-corrected chi connectivity index (χ1v) is 7.12. The molecule has 0 aliphatic heterocycles. The Labute approximate surface area is 115 Å². The van der Waals surface area contributed by atoms with Crippen LogP contribution in [0.15, 0.2) is 24.4 Å². The van der Waals surface area contributed by atoms with Crippen LogP contribution in [0.25, 0.3) is 16.2 Å². The molecule has 0 aliphatic rings.